The Labute approximate surface area is 178 Å². The summed E-state index contributed by atoms with van der Waals surface area (Å²) in [6, 6.07) is 23.4. The second-order valence-corrected chi connectivity index (χ2v) is 8.36. The average molecular weight is 457 g/mol. The first-order chi connectivity index (χ1) is 13.6. The number of carbonyl (C=O) groups excluding carboxylic acids is 1. The van der Waals surface area contributed by atoms with E-state index in [2.05, 4.69) is 28.1 Å². The first kappa shape index (κ1) is 20.5. The van der Waals surface area contributed by atoms with E-state index in [1.54, 1.807) is 26.0 Å². The van der Waals surface area contributed by atoms with Gasteiger partial charge in [0.2, 0.25) is 0 Å². The minimum Gasteiger partial charge on any atom is -0.493 e. The van der Waals surface area contributed by atoms with Crippen LogP contribution < -0.4 is 9.47 Å². The molecule has 1 atom stereocenters. The monoisotopic (exact) mass is 456 g/mol. The van der Waals surface area contributed by atoms with Crippen molar-refractivity contribution in [3.05, 3.63) is 88.4 Å². The molecule has 0 aliphatic heterocycles. The van der Waals surface area contributed by atoms with Crippen LogP contribution in [0.2, 0.25) is 0 Å². The molecule has 0 aliphatic rings. The highest BCUT2D eigenvalue weighted by Gasteiger charge is 2.19. The lowest BCUT2D eigenvalue weighted by Gasteiger charge is -2.18. The summed E-state index contributed by atoms with van der Waals surface area (Å²) in [5.74, 6) is 1.49. The molecule has 5 heteroatoms. The SMILES string of the molecule is COc1ccc(SC(CC(=O)c2ccc(Br)cc2)c2ccccc2)cc1OC. The molecular weight excluding hydrogens is 436 g/mol. The van der Waals surface area contributed by atoms with E-state index in [-0.39, 0.29) is 11.0 Å². The van der Waals surface area contributed by atoms with Crippen LogP contribution in [0.15, 0.2) is 82.2 Å². The molecule has 0 aliphatic carbocycles. The Balaban J connectivity index is 1.85. The van der Waals surface area contributed by atoms with Gasteiger partial charge in [-0.05, 0) is 35.9 Å². The summed E-state index contributed by atoms with van der Waals surface area (Å²) in [7, 11) is 3.24. The van der Waals surface area contributed by atoms with Gasteiger partial charge < -0.3 is 9.47 Å². The fraction of sp³-hybridized carbons (Fsp3) is 0.174. The number of thioether (sulfide) groups is 1. The number of methoxy groups -OCH3 is 2. The lowest BCUT2D eigenvalue weighted by Crippen LogP contribution is -2.05. The number of ketones is 1. The summed E-state index contributed by atoms with van der Waals surface area (Å²) in [4.78, 5) is 13.9. The van der Waals surface area contributed by atoms with Crippen LogP contribution in [0.5, 0.6) is 11.5 Å². The number of rotatable bonds is 8. The molecule has 0 heterocycles. The molecule has 3 aromatic carbocycles. The molecule has 0 saturated carbocycles. The van der Waals surface area contributed by atoms with Crippen molar-refractivity contribution in [3.63, 3.8) is 0 Å². The fourth-order valence-electron chi connectivity index (χ4n) is 2.87. The van der Waals surface area contributed by atoms with E-state index in [9.17, 15) is 4.79 Å². The summed E-state index contributed by atoms with van der Waals surface area (Å²) < 4.78 is 11.7. The topological polar surface area (TPSA) is 35.5 Å². The highest BCUT2D eigenvalue weighted by Crippen LogP contribution is 2.41. The molecule has 0 bridgehead atoms. The Kier molecular flexibility index (Phi) is 7.18. The summed E-state index contributed by atoms with van der Waals surface area (Å²) in [6.45, 7) is 0. The first-order valence-electron chi connectivity index (χ1n) is 8.83. The molecule has 3 rings (SSSR count). The van der Waals surface area contributed by atoms with Crippen LogP contribution in [-0.4, -0.2) is 20.0 Å². The number of carbonyl (C=O) groups is 1. The maximum absolute atomic E-state index is 12.9. The van der Waals surface area contributed by atoms with Gasteiger partial charge >= 0.3 is 0 Å². The van der Waals surface area contributed by atoms with Gasteiger partial charge in [0.25, 0.3) is 0 Å². The van der Waals surface area contributed by atoms with Gasteiger partial charge in [-0.3, -0.25) is 4.79 Å². The van der Waals surface area contributed by atoms with Crippen LogP contribution in [0.3, 0.4) is 0 Å². The van der Waals surface area contributed by atoms with E-state index in [4.69, 9.17) is 9.47 Å². The molecule has 0 saturated heterocycles. The van der Waals surface area contributed by atoms with Crippen molar-refractivity contribution in [2.75, 3.05) is 14.2 Å². The third-order valence-corrected chi connectivity index (χ3v) is 6.12. The molecule has 3 aromatic rings. The highest BCUT2D eigenvalue weighted by molar-refractivity contribution is 9.10. The van der Waals surface area contributed by atoms with E-state index in [1.165, 1.54) is 0 Å². The van der Waals surface area contributed by atoms with Crippen molar-refractivity contribution in [1.82, 2.24) is 0 Å². The van der Waals surface area contributed by atoms with Gasteiger partial charge in [0.1, 0.15) is 0 Å². The normalized spacial score (nSPS) is 11.7. The second kappa shape index (κ2) is 9.80. The number of hydrogen-bond donors (Lipinski definition) is 0. The van der Waals surface area contributed by atoms with Gasteiger partial charge in [-0.15, -0.1) is 11.8 Å². The Bertz CT molecular complexity index is 926. The summed E-state index contributed by atoms with van der Waals surface area (Å²) in [5.41, 5.74) is 1.84. The van der Waals surface area contributed by atoms with Crippen LogP contribution in [0, 0.1) is 0 Å². The lowest BCUT2D eigenvalue weighted by molar-refractivity contribution is 0.0982. The van der Waals surface area contributed by atoms with E-state index in [0.29, 0.717) is 17.9 Å². The number of halogens is 1. The maximum atomic E-state index is 12.9. The Morgan fingerprint density at radius 2 is 1.61 bits per heavy atom. The second-order valence-electron chi connectivity index (χ2n) is 6.17. The number of Topliss-reactive ketones (excluding diaryl/α,β-unsaturated/α-hetero) is 1. The van der Waals surface area contributed by atoms with Crippen LogP contribution in [0.4, 0.5) is 0 Å². The average Bonchev–Trinajstić information content (AvgIpc) is 2.74. The lowest BCUT2D eigenvalue weighted by atomic mass is 10.0. The van der Waals surface area contributed by atoms with Gasteiger partial charge in [0, 0.05) is 26.6 Å². The third-order valence-electron chi connectivity index (χ3n) is 4.34. The van der Waals surface area contributed by atoms with E-state index in [1.807, 2.05) is 60.7 Å². The zero-order valence-corrected chi connectivity index (χ0v) is 18.1. The molecule has 3 nitrogen and oxygen atoms in total. The minimum atomic E-state index is -0.00421. The summed E-state index contributed by atoms with van der Waals surface area (Å²) >= 11 is 5.07. The largest absolute Gasteiger partial charge is 0.493 e. The van der Waals surface area contributed by atoms with Crippen LogP contribution >= 0.6 is 27.7 Å². The molecule has 0 N–H and O–H groups in total. The van der Waals surface area contributed by atoms with Crippen LogP contribution in [-0.2, 0) is 0 Å². The number of ether oxygens (including phenoxy) is 2. The molecule has 0 aromatic heterocycles. The molecular formula is C23H21BrO3S. The molecule has 0 spiro atoms. The predicted octanol–water partition coefficient (Wildman–Crippen LogP) is 6.57. The van der Waals surface area contributed by atoms with Crippen molar-refractivity contribution >= 4 is 33.5 Å². The Hall–Kier alpha value is -2.24. The fourth-order valence-corrected chi connectivity index (χ4v) is 4.31. The molecule has 0 amide bonds. The molecule has 0 fully saturated rings. The predicted molar refractivity (Wildman–Crippen MR) is 118 cm³/mol. The summed E-state index contributed by atoms with van der Waals surface area (Å²) in [6.07, 6.45) is 0.407. The maximum Gasteiger partial charge on any atom is 0.164 e. The minimum absolute atomic E-state index is 0.00421. The first-order valence-corrected chi connectivity index (χ1v) is 10.5. The van der Waals surface area contributed by atoms with Crippen molar-refractivity contribution in [3.8, 4) is 11.5 Å². The highest BCUT2D eigenvalue weighted by atomic mass is 79.9. The Morgan fingerprint density at radius 3 is 2.25 bits per heavy atom. The smallest absolute Gasteiger partial charge is 0.164 e. The molecule has 144 valence electrons. The molecule has 28 heavy (non-hydrogen) atoms. The Morgan fingerprint density at radius 1 is 0.929 bits per heavy atom. The van der Waals surface area contributed by atoms with Crippen molar-refractivity contribution < 1.29 is 14.3 Å². The van der Waals surface area contributed by atoms with Crippen LogP contribution in [0.1, 0.15) is 27.6 Å². The van der Waals surface area contributed by atoms with Crippen molar-refractivity contribution in [1.29, 1.82) is 0 Å². The van der Waals surface area contributed by atoms with Crippen LogP contribution in [0.25, 0.3) is 0 Å². The quantitative estimate of drug-likeness (QED) is 0.283. The summed E-state index contributed by atoms with van der Waals surface area (Å²) in [5, 5.41) is -0.00421. The van der Waals surface area contributed by atoms with Crippen molar-refractivity contribution in [2.45, 2.75) is 16.6 Å². The van der Waals surface area contributed by atoms with Gasteiger partial charge in [-0.1, -0.05) is 58.4 Å². The van der Waals surface area contributed by atoms with Gasteiger partial charge in [-0.25, -0.2) is 0 Å². The number of benzene rings is 3. The van der Waals surface area contributed by atoms with Gasteiger partial charge in [0.05, 0.1) is 14.2 Å². The zero-order valence-electron chi connectivity index (χ0n) is 15.7. The van der Waals surface area contributed by atoms with E-state index in [0.717, 1.165) is 20.5 Å². The standard InChI is InChI=1S/C23H21BrO3S/c1-26-21-13-12-19(14-22(21)27-2)28-23(17-6-4-3-5-7-17)15-20(25)16-8-10-18(24)11-9-16/h3-14,23H,15H2,1-2H3. The molecule has 1 unspecified atom stereocenters. The third kappa shape index (κ3) is 5.18. The zero-order chi connectivity index (χ0) is 19.9. The van der Waals surface area contributed by atoms with Gasteiger partial charge in [0.15, 0.2) is 17.3 Å². The number of hydrogen-bond acceptors (Lipinski definition) is 4. The molecule has 0 radical (unpaired) electrons. The van der Waals surface area contributed by atoms with Gasteiger partial charge in [-0.2, -0.15) is 0 Å². The van der Waals surface area contributed by atoms with E-state index < -0.39 is 0 Å². The van der Waals surface area contributed by atoms with Crippen molar-refractivity contribution in [2.24, 2.45) is 0 Å². The van der Waals surface area contributed by atoms with E-state index >= 15 is 0 Å².